The molecule has 0 saturated heterocycles. The fourth-order valence-corrected chi connectivity index (χ4v) is 7.57. The predicted molar refractivity (Wildman–Crippen MR) is 254 cm³/mol. The third-order valence-corrected chi connectivity index (χ3v) is 11.7. The van der Waals surface area contributed by atoms with Gasteiger partial charge in [0, 0.05) is 6.42 Å². The highest BCUT2D eigenvalue weighted by Crippen LogP contribution is 2.43. The number of carbonyl (C=O) groups excluding carboxylic acids is 1. The van der Waals surface area contributed by atoms with Crippen LogP contribution in [0.5, 0.6) is 0 Å². The Morgan fingerprint density at radius 1 is 0.559 bits per heavy atom. The highest BCUT2D eigenvalue weighted by atomic mass is 31.2. The normalized spacial score (nSPS) is 14.6. The monoisotopic (exact) mass is 852 g/mol. The topological polar surface area (TPSA) is 105 Å². The molecule has 3 atom stereocenters. The minimum absolute atomic E-state index is 0.0518. The SMILES string of the molecule is CCCCCC/C=C/CC/C=C/CC/C=C/C(O)C(COP(=O)(O)OCC[N+](C)(C)C)NC(=O)CCCCCCCCC/C=C\CCCCCCCCCCCCCC. The number of aliphatic hydroxyl groups is 1. The van der Waals surface area contributed by atoms with Crippen LogP contribution in [-0.4, -0.2) is 73.4 Å². The van der Waals surface area contributed by atoms with E-state index in [0.29, 0.717) is 17.4 Å². The first-order chi connectivity index (χ1) is 28.5. The van der Waals surface area contributed by atoms with Gasteiger partial charge in [-0.25, -0.2) is 4.57 Å². The number of hydrogen-bond acceptors (Lipinski definition) is 5. The third-order valence-electron chi connectivity index (χ3n) is 10.7. The number of hydrogen-bond donors (Lipinski definition) is 3. The molecule has 0 aliphatic rings. The maximum Gasteiger partial charge on any atom is 0.472 e. The van der Waals surface area contributed by atoms with Crippen molar-refractivity contribution in [3.63, 3.8) is 0 Å². The lowest BCUT2D eigenvalue weighted by molar-refractivity contribution is -0.870. The summed E-state index contributed by atoms with van der Waals surface area (Å²) in [4.78, 5) is 23.2. The molecule has 0 aliphatic carbocycles. The molecule has 3 unspecified atom stereocenters. The van der Waals surface area contributed by atoms with Crippen LogP contribution in [0, 0.1) is 0 Å². The van der Waals surface area contributed by atoms with Crippen LogP contribution in [0.3, 0.4) is 0 Å². The van der Waals surface area contributed by atoms with Gasteiger partial charge in [-0.05, 0) is 70.6 Å². The van der Waals surface area contributed by atoms with Gasteiger partial charge in [0.2, 0.25) is 5.91 Å². The zero-order chi connectivity index (χ0) is 43.6. The lowest BCUT2D eigenvalue weighted by Gasteiger charge is -2.25. The second-order valence-electron chi connectivity index (χ2n) is 17.8. The summed E-state index contributed by atoms with van der Waals surface area (Å²) in [5, 5.41) is 13.8. The molecule has 0 aromatic carbocycles. The molecule has 8 nitrogen and oxygen atoms in total. The molecule has 1 amide bonds. The maximum absolute atomic E-state index is 12.9. The van der Waals surface area contributed by atoms with Crippen molar-refractivity contribution in [2.75, 3.05) is 40.9 Å². The number of unbranched alkanes of at least 4 members (excludes halogenated alkanes) is 25. The Balaban J connectivity index is 4.33. The van der Waals surface area contributed by atoms with E-state index < -0.39 is 20.0 Å². The summed E-state index contributed by atoms with van der Waals surface area (Å²) in [6.45, 7) is 4.76. The van der Waals surface area contributed by atoms with E-state index in [1.54, 1.807) is 6.08 Å². The number of phosphoric acid groups is 1. The predicted octanol–water partition coefficient (Wildman–Crippen LogP) is 14.0. The van der Waals surface area contributed by atoms with Gasteiger partial charge in [-0.1, -0.05) is 184 Å². The molecule has 0 aromatic heterocycles. The quantitative estimate of drug-likeness (QED) is 0.0244. The summed E-state index contributed by atoms with van der Waals surface area (Å²) in [6.07, 6.45) is 53.4. The molecule has 3 N–H and O–H groups in total. The molecule has 59 heavy (non-hydrogen) atoms. The fourth-order valence-electron chi connectivity index (χ4n) is 6.83. The van der Waals surface area contributed by atoms with Crippen LogP contribution >= 0.6 is 7.82 Å². The summed E-state index contributed by atoms with van der Waals surface area (Å²) < 4.78 is 23.6. The third kappa shape index (κ3) is 44.3. The van der Waals surface area contributed by atoms with E-state index in [1.165, 1.54) is 148 Å². The zero-order valence-electron chi connectivity index (χ0n) is 39.2. The minimum Gasteiger partial charge on any atom is -0.387 e. The van der Waals surface area contributed by atoms with Crippen molar-refractivity contribution < 1.29 is 32.9 Å². The number of aliphatic hydroxyl groups excluding tert-OH is 1. The Kier molecular flexibility index (Phi) is 40.7. The number of allylic oxidation sites excluding steroid dienone is 7. The number of rotatable bonds is 44. The fraction of sp³-hybridized carbons (Fsp3) is 0.820. The molecule has 0 radical (unpaired) electrons. The van der Waals surface area contributed by atoms with Gasteiger partial charge in [0.15, 0.2) is 0 Å². The average Bonchev–Trinajstić information content (AvgIpc) is 3.19. The number of nitrogens with one attached hydrogen (secondary N) is 1. The summed E-state index contributed by atoms with van der Waals surface area (Å²) in [5.41, 5.74) is 0. The van der Waals surface area contributed by atoms with Crippen molar-refractivity contribution in [3.05, 3.63) is 48.6 Å². The molecular formula is C50H96N2O6P+. The number of quaternary nitrogens is 1. The first kappa shape index (κ1) is 57.5. The van der Waals surface area contributed by atoms with Crippen LogP contribution in [-0.2, 0) is 18.4 Å². The maximum atomic E-state index is 12.9. The lowest BCUT2D eigenvalue weighted by Crippen LogP contribution is -2.45. The average molecular weight is 852 g/mol. The number of phosphoric ester groups is 1. The van der Waals surface area contributed by atoms with Crippen molar-refractivity contribution in [2.45, 2.75) is 225 Å². The molecule has 0 fully saturated rings. The van der Waals surface area contributed by atoms with Gasteiger partial charge in [-0.15, -0.1) is 0 Å². The molecule has 0 heterocycles. The highest BCUT2D eigenvalue weighted by molar-refractivity contribution is 7.47. The molecule has 9 heteroatoms. The van der Waals surface area contributed by atoms with E-state index in [4.69, 9.17) is 9.05 Å². The smallest absolute Gasteiger partial charge is 0.387 e. The van der Waals surface area contributed by atoms with Gasteiger partial charge in [0.1, 0.15) is 13.2 Å². The van der Waals surface area contributed by atoms with Gasteiger partial charge in [-0.2, -0.15) is 0 Å². The second kappa shape index (κ2) is 41.8. The number of likely N-dealkylation sites (N-methyl/N-ethyl adjacent to an activating group) is 1. The minimum atomic E-state index is -4.35. The molecule has 0 rings (SSSR count). The van der Waals surface area contributed by atoms with Gasteiger partial charge in [0.25, 0.3) is 0 Å². The van der Waals surface area contributed by atoms with Crippen LogP contribution in [0.25, 0.3) is 0 Å². The molecule has 346 valence electrons. The molecule has 0 bridgehead atoms. The number of nitrogens with zero attached hydrogens (tertiary/aromatic N) is 1. The Labute approximate surface area is 365 Å². The van der Waals surface area contributed by atoms with Crippen molar-refractivity contribution in [2.24, 2.45) is 0 Å². The Morgan fingerprint density at radius 3 is 1.37 bits per heavy atom. The Morgan fingerprint density at radius 2 is 0.932 bits per heavy atom. The lowest BCUT2D eigenvalue weighted by atomic mass is 10.0. The number of carbonyl (C=O) groups is 1. The van der Waals surface area contributed by atoms with Crippen molar-refractivity contribution in [1.82, 2.24) is 5.32 Å². The Bertz CT molecular complexity index is 1100. The van der Waals surface area contributed by atoms with E-state index in [2.05, 4.69) is 55.6 Å². The standard InChI is InChI=1S/C50H95N2O6P/c1-6-8-10-12-14-16-18-20-22-23-24-25-26-27-28-29-30-32-34-36-38-40-42-44-50(54)51-48(47-58-59(55,56)57-46-45-52(3,4)5)49(53)43-41-39-37-35-33-31-21-19-17-15-13-11-9-7-2/h17,19,27-28,33,35,41,43,48-49,53H,6-16,18,20-26,29-32,34,36-40,42,44-47H2,1-5H3,(H-,51,54,55,56)/p+1/b19-17+,28-27-,35-33+,43-41+. The number of amides is 1. The van der Waals surface area contributed by atoms with Gasteiger partial charge < -0.3 is 19.8 Å². The van der Waals surface area contributed by atoms with Crippen LogP contribution in [0.4, 0.5) is 0 Å². The summed E-state index contributed by atoms with van der Waals surface area (Å²) in [6, 6.07) is -0.871. The van der Waals surface area contributed by atoms with Crippen LogP contribution in [0.1, 0.15) is 213 Å². The molecule has 0 aromatic rings. The van der Waals surface area contributed by atoms with Gasteiger partial charge >= 0.3 is 7.82 Å². The van der Waals surface area contributed by atoms with Gasteiger partial charge in [-0.3, -0.25) is 13.8 Å². The van der Waals surface area contributed by atoms with Crippen LogP contribution < -0.4 is 5.32 Å². The summed E-state index contributed by atoms with van der Waals surface area (Å²) in [5.74, 6) is -0.196. The Hall–Kier alpha value is -1.54. The van der Waals surface area contributed by atoms with E-state index in [0.717, 1.165) is 44.9 Å². The van der Waals surface area contributed by atoms with Crippen molar-refractivity contribution in [1.29, 1.82) is 0 Å². The highest BCUT2D eigenvalue weighted by Gasteiger charge is 2.27. The molecular weight excluding hydrogens is 756 g/mol. The first-order valence-corrected chi connectivity index (χ1v) is 26.0. The summed E-state index contributed by atoms with van der Waals surface area (Å²) >= 11 is 0. The van der Waals surface area contributed by atoms with Gasteiger partial charge in [0.05, 0.1) is 39.9 Å². The summed E-state index contributed by atoms with van der Waals surface area (Å²) in [7, 11) is 1.54. The molecule has 0 saturated carbocycles. The van der Waals surface area contributed by atoms with Crippen molar-refractivity contribution in [3.8, 4) is 0 Å². The van der Waals surface area contributed by atoms with E-state index in [-0.39, 0.29) is 19.1 Å². The largest absolute Gasteiger partial charge is 0.472 e. The van der Waals surface area contributed by atoms with Crippen LogP contribution in [0.2, 0.25) is 0 Å². The van der Waals surface area contributed by atoms with E-state index >= 15 is 0 Å². The van der Waals surface area contributed by atoms with Crippen LogP contribution in [0.15, 0.2) is 48.6 Å². The van der Waals surface area contributed by atoms with Crippen molar-refractivity contribution >= 4 is 13.7 Å². The van der Waals surface area contributed by atoms with E-state index in [9.17, 15) is 19.4 Å². The first-order valence-electron chi connectivity index (χ1n) is 24.5. The zero-order valence-corrected chi connectivity index (χ0v) is 40.1. The van der Waals surface area contributed by atoms with E-state index in [1.807, 2.05) is 27.2 Å². The second-order valence-corrected chi connectivity index (χ2v) is 19.3. The molecule has 0 aliphatic heterocycles. The molecule has 0 spiro atoms.